The van der Waals surface area contributed by atoms with E-state index in [1.807, 2.05) is 24.3 Å². The van der Waals surface area contributed by atoms with Gasteiger partial charge in [0.2, 0.25) is 0 Å². The summed E-state index contributed by atoms with van der Waals surface area (Å²) in [7, 11) is 1.57. The van der Waals surface area contributed by atoms with Gasteiger partial charge in [-0.25, -0.2) is 9.07 Å². The van der Waals surface area contributed by atoms with Crippen LogP contribution in [0.1, 0.15) is 46.9 Å². The molecule has 1 fully saturated rings. The predicted octanol–water partition coefficient (Wildman–Crippen LogP) is 5.00. The molecule has 1 aliphatic rings. The van der Waals surface area contributed by atoms with Gasteiger partial charge in [-0.15, -0.1) is 0 Å². The second-order valence-corrected chi connectivity index (χ2v) is 8.36. The van der Waals surface area contributed by atoms with Gasteiger partial charge in [0.05, 0.1) is 24.9 Å². The first-order valence-corrected chi connectivity index (χ1v) is 11.4. The number of nitrogens with zero attached hydrogens (tertiary/aromatic N) is 3. The van der Waals surface area contributed by atoms with Crippen LogP contribution in [0, 0.1) is 5.82 Å². The lowest BCUT2D eigenvalue weighted by Crippen LogP contribution is -2.41. The van der Waals surface area contributed by atoms with Gasteiger partial charge in [0.1, 0.15) is 17.3 Å². The van der Waals surface area contributed by atoms with Crippen molar-refractivity contribution in [2.24, 2.45) is 0 Å². The van der Waals surface area contributed by atoms with Gasteiger partial charge in [-0.05, 0) is 55.8 Å². The number of para-hydroxylation sites is 1. The molecule has 1 saturated heterocycles. The standard InChI is InChI=1S/C25H26F4N4O2/c1-35-18-11-9-17(10-12-18)22(32-13-5-2-6-14-32)16-30-24(34)19-15-31-33(23(19)25(27,28)29)21-8-4-3-7-20(21)26/h3-4,7-12,15,22H,2,5-6,13-14,16H2,1H3,(H,30,34). The number of nitrogens with one attached hydrogen (secondary N) is 1. The molecular formula is C25H26F4N4O2. The highest BCUT2D eigenvalue weighted by Gasteiger charge is 2.41. The van der Waals surface area contributed by atoms with Gasteiger partial charge in [0, 0.05) is 6.54 Å². The number of likely N-dealkylation sites (tertiary alicyclic amines) is 1. The molecule has 186 valence electrons. The average molecular weight is 491 g/mol. The minimum atomic E-state index is -4.92. The number of hydrogen-bond donors (Lipinski definition) is 1. The fourth-order valence-electron chi connectivity index (χ4n) is 4.39. The number of rotatable bonds is 7. The van der Waals surface area contributed by atoms with Crippen LogP contribution in [0.2, 0.25) is 0 Å². The van der Waals surface area contributed by atoms with E-state index in [9.17, 15) is 22.4 Å². The van der Waals surface area contributed by atoms with Gasteiger partial charge in [-0.1, -0.05) is 30.7 Å². The maximum absolute atomic E-state index is 14.2. The summed E-state index contributed by atoms with van der Waals surface area (Å²) in [6.07, 6.45) is -0.966. The summed E-state index contributed by atoms with van der Waals surface area (Å²) in [5, 5.41) is 6.36. The van der Waals surface area contributed by atoms with Gasteiger partial charge in [0.15, 0.2) is 5.69 Å². The molecule has 1 amide bonds. The Morgan fingerprint density at radius 3 is 2.40 bits per heavy atom. The fourth-order valence-corrected chi connectivity index (χ4v) is 4.39. The van der Waals surface area contributed by atoms with E-state index in [1.54, 1.807) is 7.11 Å². The molecule has 0 radical (unpaired) electrons. The zero-order chi connectivity index (χ0) is 25.0. The van der Waals surface area contributed by atoms with Crippen molar-refractivity contribution in [3.05, 3.63) is 77.4 Å². The zero-order valence-corrected chi connectivity index (χ0v) is 19.2. The Morgan fingerprint density at radius 2 is 1.77 bits per heavy atom. The Bertz CT molecular complexity index is 1160. The largest absolute Gasteiger partial charge is 0.497 e. The Morgan fingerprint density at radius 1 is 1.09 bits per heavy atom. The predicted molar refractivity (Wildman–Crippen MR) is 122 cm³/mol. The van der Waals surface area contributed by atoms with Gasteiger partial charge < -0.3 is 10.1 Å². The number of halogens is 4. The summed E-state index contributed by atoms with van der Waals surface area (Å²) in [6.45, 7) is 1.75. The number of benzene rings is 2. The molecular weight excluding hydrogens is 464 g/mol. The first kappa shape index (κ1) is 24.7. The zero-order valence-electron chi connectivity index (χ0n) is 19.2. The van der Waals surface area contributed by atoms with Crippen molar-refractivity contribution in [1.82, 2.24) is 20.0 Å². The monoisotopic (exact) mass is 490 g/mol. The summed E-state index contributed by atoms with van der Waals surface area (Å²) in [6, 6.07) is 12.2. The number of carbonyl (C=O) groups is 1. The lowest BCUT2D eigenvalue weighted by atomic mass is 10.0. The van der Waals surface area contributed by atoms with Gasteiger partial charge >= 0.3 is 6.18 Å². The third-order valence-electron chi connectivity index (χ3n) is 6.15. The number of ether oxygens (including phenoxy) is 1. The van der Waals surface area contributed by atoms with Crippen molar-refractivity contribution >= 4 is 5.91 Å². The first-order chi connectivity index (χ1) is 16.8. The van der Waals surface area contributed by atoms with Crippen LogP contribution in [-0.4, -0.2) is 47.3 Å². The maximum atomic E-state index is 14.2. The van der Waals surface area contributed by atoms with Crippen LogP contribution in [0.3, 0.4) is 0 Å². The van der Waals surface area contributed by atoms with Crippen molar-refractivity contribution in [1.29, 1.82) is 0 Å². The number of amides is 1. The Hall–Kier alpha value is -3.40. The van der Waals surface area contributed by atoms with E-state index in [0.29, 0.717) is 10.4 Å². The number of carbonyl (C=O) groups excluding carboxylic acids is 1. The number of hydrogen-bond acceptors (Lipinski definition) is 4. The maximum Gasteiger partial charge on any atom is 0.434 e. The van der Waals surface area contributed by atoms with Crippen molar-refractivity contribution < 1.29 is 27.1 Å². The third kappa shape index (κ3) is 5.48. The van der Waals surface area contributed by atoms with Crippen LogP contribution in [0.4, 0.5) is 17.6 Å². The molecule has 6 nitrogen and oxygen atoms in total. The van der Waals surface area contributed by atoms with E-state index in [0.717, 1.165) is 50.2 Å². The first-order valence-electron chi connectivity index (χ1n) is 11.4. The van der Waals surface area contributed by atoms with E-state index in [1.165, 1.54) is 18.2 Å². The minimum absolute atomic E-state index is 0.105. The van der Waals surface area contributed by atoms with Crippen LogP contribution in [0.15, 0.2) is 54.7 Å². The second kappa shape index (κ2) is 10.5. The molecule has 0 aliphatic carbocycles. The second-order valence-electron chi connectivity index (χ2n) is 8.36. The van der Waals surface area contributed by atoms with Gasteiger partial charge in [-0.3, -0.25) is 9.69 Å². The van der Waals surface area contributed by atoms with E-state index < -0.39 is 29.2 Å². The molecule has 3 aromatic rings. The van der Waals surface area contributed by atoms with Crippen LogP contribution >= 0.6 is 0 Å². The van der Waals surface area contributed by atoms with E-state index >= 15 is 0 Å². The molecule has 2 heterocycles. The fraction of sp³-hybridized carbons (Fsp3) is 0.360. The lowest BCUT2D eigenvalue weighted by Gasteiger charge is -2.35. The third-order valence-corrected chi connectivity index (χ3v) is 6.15. The molecule has 10 heteroatoms. The van der Waals surface area contributed by atoms with Crippen LogP contribution in [0.25, 0.3) is 5.69 Å². The van der Waals surface area contributed by atoms with E-state index in [4.69, 9.17) is 4.74 Å². The van der Waals surface area contributed by atoms with Crippen LogP contribution in [0.5, 0.6) is 5.75 Å². The van der Waals surface area contributed by atoms with E-state index in [-0.39, 0.29) is 18.3 Å². The highest BCUT2D eigenvalue weighted by Crippen LogP contribution is 2.34. The number of piperidine rings is 1. The molecule has 0 bridgehead atoms. The highest BCUT2D eigenvalue weighted by atomic mass is 19.4. The van der Waals surface area contributed by atoms with Crippen molar-refractivity contribution in [2.75, 3.05) is 26.7 Å². The molecule has 1 unspecified atom stereocenters. The Balaban J connectivity index is 1.60. The normalized spacial score (nSPS) is 15.6. The van der Waals surface area contributed by atoms with Gasteiger partial charge in [-0.2, -0.15) is 18.3 Å². The summed E-state index contributed by atoms with van der Waals surface area (Å²) >= 11 is 0. The molecule has 2 aromatic carbocycles. The minimum Gasteiger partial charge on any atom is -0.497 e. The molecule has 1 aliphatic heterocycles. The Labute approximate surface area is 200 Å². The summed E-state index contributed by atoms with van der Waals surface area (Å²) in [5.41, 5.74) is -1.44. The molecule has 4 rings (SSSR count). The van der Waals surface area contributed by atoms with Crippen molar-refractivity contribution in [3.8, 4) is 11.4 Å². The highest BCUT2D eigenvalue weighted by molar-refractivity contribution is 5.95. The molecule has 35 heavy (non-hydrogen) atoms. The van der Waals surface area contributed by atoms with Crippen molar-refractivity contribution in [3.63, 3.8) is 0 Å². The molecule has 1 aromatic heterocycles. The summed E-state index contributed by atoms with van der Waals surface area (Å²) < 4.78 is 61.7. The lowest BCUT2D eigenvalue weighted by molar-refractivity contribution is -0.143. The van der Waals surface area contributed by atoms with Crippen molar-refractivity contribution in [2.45, 2.75) is 31.5 Å². The summed E-state index contributed by atoms with van der Waals surface area (Å²) in [4.78, 5) is 15.2. The van der Waals surface area contributed by atoms with Crippen LogP contribution in [-0.2, 0) is 6.18 Å². The quantitative estimate of drug-likeness (QED) is 0.474. The molecule has 0 saturated carbocycles. The number of alkyl halides is 3. The van der Waals surface area contributed by atoms with E-state index in [2.05, 4.69) is 15.3 Å². The summed E-state index contributed by atoms with van der Waals surface area (Å²) in [5.74, 6) is -1.11. The molecule has 0 spiro atoms. The molecule has 1 atom stereocenters. The Kier molecular flexibility index (Phi) is 7.39. The average Bonchev–Trinajstić information content (AvgIpc) is 3.31. The number of aromatic nitrogens is 2. The SMILES string of the molecule is COc1ccc(C(CNC(=O)c2cnn(-c3ccccc3F)c2C(F)(F)F)N2CCCCC2)cc1. The number of methoxy groups -OCH3 is 1. The van der Waals surface area contributed by atoms with Crippen LogP contribution < -0.4 is 10.1 Å². The van der Waals surface area contributed by atoms with Gasteiger partial charge in [0.25, 0.3) is 5.91 Å². The molecule has 1 N–H and O–H groups in total. The topological polar surface area (TPSA) is 59.4 Å². The smallest absolute Gasteiger partial charge is 0.434 e.